The molecular weight excluding hydrogens is 502 g/mol. The fraction of sp³-hybridized carbons (Fsp3) is 0.290. The number of fused-ring (bicyclic) bond motifs is 1. The second kappa shape index (κ2) is 11.3. The highest BCUT2D eigenvalue weighted by atomic mass is 16.1. The smallest absolute Gasteiger partial charge is 0.247 e. The molecule has 4 aromatic rings. The Morgan fingerprint density at radius 1 is 1.00 bits per heavy atom. The summed E-state index contributed by atoms with van der Waals surface area (Å²) in [5.41, 5.74) is 3.46. The Kier molecular flexibility index (Phi) is 7.29. The molecule has 9 nitrogen and oxygen atoms in total. The quantitative estimate of drug-likeness (QED) is 0.238. The number of benzene rings is 2. The Bertz CT molecular complexity index is 1550. The molecule has 0 spiro atoms. The molecule has 2 aromatic carbocycles. The van der Waals surface area contributed by atoms with Gasteiger partial charge in [-0.1, -0.05) is 24.8 Å². The molecule has 2 aliphatic rings. The van der Waals surface area contributed by atoms with Crippen molar-refractivity contribution in [3.63, 3.8) is 0 Å². The molecule has 0 saturated carbocycles. The lowest BCUT2D eigenvalue weighted by molar-refractivity contribution is -0.111. The van der Waals surface area contributed by atoms with Crippen LogP contribution in [0, 0.1) is 0 Å². The van der Waals surface area contributed by atoms with Crippen LogP contribution in [0.3, 0.4) is 0 Å². The Labute approximate surface area is 233 Å². The van der Waals surface area contributed by atoms with E-state index in [2.05, 4.69) is 38.1 Å². The molecule has 4 heterocycles. The number of hydrogen-bond donors (Lipinski definition) is 2. The lowest BCUT2D eigenvalue weighted by atomic mass is 10.0. The van der Waals surface area contributed by atoms with Crippen molar-refractivity contribution in [3.05, 3.63) is 79.1 Å². The number of amides is 1. The second-order valence-electron chi connectivity index (χ2n) is 10.3. The van der Waals surface area contributed by atoms with Crippen LogP contribution in [0.1, 0.15) is 36.0 Å². The Morgan fingerprint density at radius 3 is 2.58 bits per heavy atom. The van der Waals surface area contributed by atoms with Gasteiger partial charge in [0.15, 0.2) is 6.29 Å². The zero-order valence-electron chi connectivity index (χ0n) is 22.4. The van der Waals surface area contributed by atoms with Gasteiger partial charge in [0, 0.05) is 37.1 Å². The number of hydrogen-bond acceptors (Lipinski definition) is 7. The first-order chi connectivity index (χ1) is 19.6. The van der Waals surface area contributed by atoms with E-state index in [1.54, 1.807) is 12.3 Å². The SMILES string of the molecule is C=CC(=O)Nc1cc(Nc2nccc(-n3ccc4ccccc43)n2)c(C=O)cc1N1CCC(N2CCCC2)CC1. The van der Waals surface area contributed by atoms with E-state index < -0.39 is 0 Å². The molecule has 2 N–H and O–H groups in total. The first-order valence-corrected chi connectivity index (χ1v) is 13.8. The number of para-hydroxylation sites is 1. The van der Waals surface area contributed by atoms with Crippen LogP contribution >= 0.6 is 0 Å². The Morgan fingerprint density at radius 2 is 1.80 bits per heavy atom. The third kappa shape index (κ3) is 5.20. The first-order valence-electron chi connectivity index (χ1n) is 13.8. The number of nitrogens with one attached hydrogen (secondary N) is 2. The van der Waals surface area contributed by atoms with Gasteiger partial charge in [-0.3, -0.25) is 9.59 Å². The summed E-state index contributed by atoms with van der Waals surface area (Å²) in [7, 11) is 0. The van der Waals surface area contributed by atoms with Crippen LogP contribution in [0.25, 0.3) is 16.7 Å². The van der Waals surface area contributed by atoms with Crippen LogP contribution in [0.2, 0.25) is 0 Å². The predicted octanol–water partition coefficient (Wildman–Crippen LogP) is 5.17. The maximum Gasteiger partial charge on any atom is 0.247 e. The van der Waals surface area contributed by atoms with Crippen molar-refractivity contribution in [2.75, 3.05) is 41.7 Å². The van der Waals surface area contributed by atoms with Crippen LogP contribution in [0.15, 0.2) is 73.6 Å². The van der Waals surface area contributed by atoms with E-state index in [-0.39, 0.29) is 5.91 Å². The fourth-order valence-electron chi connectivity index (χ4n) is 5.88. The van der Waals surface area contributed by atoms with E-state index in [1.807, 2.05) is 47.2 Å². The highest BCUT2D eigenvalue weighted by Gasteiger charge is 2.28. The van der Waals surface area contributed by atoms with E-state index in [9.17, 15) is 9.59 Å². The molecule has 2 aromatic heterocycles. The lowest BCUT2D eigenvalue weighted by Crippen LogP contribution is -2.44. The molecule has 1 amide bonds. The van der Waals surface area contributed by atoms with Crippen LogP contribution in [-0.4, -0.2) is 63.8 Å². The third-order valence-electron chi connectivity index (χ3n) is 7.93. The van der Waals surface area contributed by atoms with Gasteiger partial charge in [-0.2, -0.15) is 4.98 Å². The molecule has 0 bridgehead atoms. The van der Waals surface area contributed by atoms with Crippen LogP contribution in [-0.2, 0) is 4.79 Å². The highest BCUT2D eigenvalue weighted by molar-refractivity contribution is 6.03. The van der Waals surface area contributed by atoms with Gasteiger partial charge in [-0.25, -0.2) is 4.98 Å². The van der Waals surface area contributed by atoms with E-state index in [4.69, 9.17) is 4.98 Å². The standard InChI is InChI=1S/C31H33N7O2/c1-2-30(40)33-26-20-25(23(21-39)19-28(26)37-16-11-24(12-17-37)36-14-5-6-15-36)34-31-32-13-9-29(35-31)38-18-10-22-7-3-4-8-27(22)38/h2-4,7-10,13,18-21,24H,1,5-6,11-12,14-17H2,(H,33,40)(H,32,34,35). The normalized spacial score (nSPS) is 16.2. The number of carbonyl (C=O) groups is 2. The molecule has 204 valence electrons. The molecular formula is C31H33N7O2. The molecule has 2 fully saturated rings. The number of rotatable bonds is 8. The number of likely N-dealkylation sites (tertiary alicyclic amines) is 1. The summed E-state index contributed by atoms with van der Waals surface area (Å²) in [5, 5.41) is 7.27. The average molecular weight is 536 g/mol. The van der Waals surface area contributed by atoms with Gasteiger partial charge in [0.25, 0.3) is 0 Å². The first kappa shape index (κ1) is 25.8. The molecule has 6 rings (SSSR count). The molecule has 0 aliphatic carbocycles. The van der Waals surface area contributed by atoms with Crippen molar-refractivity contribution < 1.29 is 9.59 Å². The second-order valence-corrected chi connectivity index (χ2v) is 10.3. The number of piperidine rings is 1. The molecule has 0 unspecified atom stereocenters. The number of aromatic nitrogens is 3. The number of nitrogens with zero attached hydrogens (tertiary/aromatic N) is 5. The van der Waals surface area contributed by atoms with Crippen LogP contribution in [0.5, 0.6) is 0 Å². The van der Waals surface area contributed by atoms with Crippen molar-refractivity contribution in [1.29, 1.82) is 0 Å². The van der Waals surface area contributed by atoms with Gasteiger partial charge in [-0.05, 0) is 80.6 Å². The minimum atomic E-state index is -0.310. The topological polar surface area (TPSA) is 95.4 Å². The predicted molar refractivity (Wildman–Crippen MR) is 159 cm³/mol. The van der Waals surface area contributed by atoms with Gasteiger partial charge in [0.2, 0.25) is 11.9 Å². The molecule has 2 saturated heterocycles. The number of aldehydes is 1. The van der Waals surface area contributed by atoms with Gasteiger partial charge in [0.05, 0.1) is 22.6 Å². The lowest BCUT2D eigenvalue weighted by Gasteiger charge is -2.38. The van der Waals surface area contributed by atoms with Crippen molar-refractivity contribution in [3.8, 4) is 5.82 Å². The van der Waals surface area contributed by atoms with Crippen LogP contribution < -0.4 is 15.5 Å². The van der Waals surface area contributed by atoms with Gasteiger partial charge in [-0.15, -0.1) is 0 Å². The summed E-state index contributed by atoms with van der Waals surface area (Å²) in [6.45, 7) is 7.70. The molecule has 0 atom stereocenters. The maximum absolute atomic E-state index is 12.4. The van der Waals surface area contributed by atoms with Crippen molar-refractivity contribution in [1.82, 2.24) is 19.4 Å². The molecule has 9 heteroatoms. The number of anilines is 4. The van der Waals surface area contributed by atoms with Gasteiger partial charge >= 0.3 is 0 Å². The maximum atomic E-state index is 12.4. The van der Waals surface area contributed by atoms with Gasteiger partial charge < -0.3 is 25.0 Å². The molecule has 2 aliphatic heterocycles. The van der Waals surface area contributed by atoms with E-state index in [0.29, 0.717) is 34.7 Å². The number of carbonyl (C=O) groups excluding carboxylic acids is 2. The zero-order chi connectivity index (χ0) is 27.5. The summed E-state index contributed by atoms with van der Waals surface area (Å²) >= 11 is 0. The third-order valence-corrected chi connectivity index (χ3v) is 7.93. The summed E-state index contributed by atoms with van der Waals surface area (Å²) in [6.07, 6.45) is 10.4. The molecule has 0 radical (unpaired) electrons. The minimum absolute atomic E-state index is 0.310. The summed E-state index contributed by atoms with van der Waals surface area (Å²) in [6, 6.07) is 16.2. The minimum Gasteiger partial charge on any atom is -0.370 e. The fourth-order valence-corrected chi connectivity index (χ4v) is 5.88. The zero-order valence-corrected chi connectivity index (χ0v) is 22.4. The van der Waals surface area contributed by atoms with Crippen molar-refractivity contribution in [2.45, 2.75) is 31.7 Å². The van der Waals surface area contributed by atoms with E-state index >= 15 is 0 Å². The average Bonchev–Trinajstić information content (AvgIpc) is 3.68. The monoisotopic (exact) mass is 535 g/mol. The highest BCUT2D eigenvalue weighted by Crippen LogP contribution is 2.35. The Balaban J connectivity index is 1.29. The van der Waals surface area contributed by atoms with Crippen molar-refractivity contribution in [2.24, 2.45) is 0 Å². The summed E-state index contributed by atoms with van der Waals surface area (Å²) < 4.78 is 1.99. The Hall–Kier alpha value is -4.50. The largest absolute Gasteiger partial charge is 0.370 e. The molecule has 40 heavy (non-hydrogen) atoms. The van der Waals surface area contributed by atoms with Crippen LogP contribution in [0.4, 0.5) is 23.0 Å². The summed E-state index contributed by atoms with van der Waals surface area (Å²) in [5.74, 6) is 0.735. The summed E-state index contributed by atoms with van der Waals surface area (Å²) in [4.78, 5) is 38.6. The van der Waals surface area contributed by atoms with Crippen molar-refractivity contribution >= 4 is 46.1 Å². The van der Waals surface area contributed by atoms with Gasteiger partial charge in [0.1, 0.15) is 5.82 Å². The van der Waals surface area contributed by atoms with E-state index in [0.717, 1.165) is 48.8 Å². The van der Waals surface area contributed by atoms with E-state index in [1.165, 1.54) is 32.0 Å².